The summed E-state index contributed by atoms with van der Waals surface area (Å²) in [5.41, 5.74) is 8.71. The molecule has 0 aromatic carbocycles. The number of aryl methyl sites for hydroxylation is 1. The summed E-state index contributed by atoms with van der Waals surface area (Å²) in [7, 11) is 0. The molecule has 0 spiro atoms. The van der Waals surface area contributed by atoms with Gasteiger partial charge < -0.3 is 14.9 Å². The SMILES string of the molecule is Cc1cn(-c2ccnc3[nH]c(-c4n[nH]c5ccc(-c6cncc(NC(C)C)c6)nc45)cc23)cn1. The summed E-state index contributed by atoms with van der Waals surface area (Å²) in [5, 5.41) is 12.0. The standard InChI is InChI=1S/C25H23N9/c1-14(2)29-17-8-16(10-26-11-17)19-4-5-20-23(30-19)24(33-32-20)21-9-18-22(6-7-27-25(18)31-21)34-12-15(3)28-13-34/h4-14,29H,1-3H3,(H,27,31)(H,32,33). The Balaban J connectivity index is 1.45. The van der Waals surface area contributed by atoms with E-state index in [4.69, 9.17) is 4.98 Å². The fourth-order valence-corrected chi connectivity index (χ4v) is 4.16. The van der Waals surface area contributed by atoms with E-state index in [1.165, 1.54) is 0 Å². The average Bonchev–Trinajstić information content (AvgIpc) is 3.55. The molecule has 0 aliphatic carbocycles. The molecule has 0 amide bonds. The topological polar surface area (TPSA) is 113 Å². The number of rotatable bonds is 5. The van der Waals surface area contributed by atoms with Crippen molar-refractivity contribution < 1.29 is 0 Å². The Morgan fingerprint density at radius 3 is 2.79 bits per heavy atom. The molecule has 168 valence electrons. The van der Waals surface area contributed by atoms with Gasteiger partial charge in [-0.05, 0) is 51.1 Å². The molecule has 0 aliphatic rings. The predicted molar refractivity (Wildman–Crippen MR) is 133 cm³/mol. The Bertz CT molecular complexity index is 1640. The van der Waals surface area contributed by atoms with Gasteiger partial charge in [-0.1, -0.05) is 0 Å². The van der Waals surface area contributed by atoms with Crippen LogP contribution in [0.15, 0.2) is 61.4 Å². The highest BCUT2D eigenvalue weighted by Gasteiger charge is 2.16. The number of hydrogen-bond acceptors (Lipinski definition) is 6. The third-order valence-corrected chi connectivity index (χ3v) is 5.65. The van der Waals surface area contributed by atoms with Crippen LogP contribution in [0.2, 0.25) is 0 Å². The van der Waals surface area contributed by atoms with Crippen LogP contribution >= 0.6 is 0 Å². The lowest BCUT2D eigenvalue weighted by atomic mass is 10.1. The summed E-state index contributed by atoms with van der Waals surface area (Å²) in [6.45, 7) is 6.17. The van der Waals surface area contributed by atoms with E-state index in [9.17, 15) is 0 Å². The molecule has 0 fully saturated rings. The minimum Gasteiger partial charge on any atom is -0.382 e. The molecule has 0 radical (unpaired) electrons. The van der Waals surface area contributed by atoms with E-state index in [0.717, 1.165) is 61.8 Å². The summed E-state index contributed by atoms with van der Waals surface area (Å²) in [6, 6.07) is 10.4. The van der Waals surface area contributed by atoms with Gasteiger partial charge in [-0.25, -0.2) is 15.0 Å². The predicted octanol–water partition coefficient (Wildman–Crippen LogP) is 4.88. The number of anilines is 1. The minimum atomic E-state index is 0.319. The van der Waals surface area contributed by atoms with Crippen LogP contribution in [0.3, 0.4) is 0 Å². The largest absolute Gasteiger partial charge is 0.382 e. The molecular weight excluding hydrogens is 426 g/mol. The molecule has 6 heterocycles. The average molecular weight is 450 g/mol. The van der Waals surface area contributed by atoms with Gasteiger partial charge in [-0.2, -0.15) is 5.10 Å². The van der Waals surface area contributed by atoms with Gasteiger partial charge in [0.1, 0.15) is 16.9 Å². The number of imidazole rings is 1. The fraction of sp³-hybridized carbons (Fsp3) is 0.160. The molecular formula is C25H23N9. The fourth-order valence-electron chi connectivity index (χ4n) is 4.16. The number of nitrogens with one attached hydrogen (secondary N) is 3. The van der Waals surface area contributed by atoms with Crippen LogP contribution in [0.4, 0.5) is 5.69 Å². The quantitative estimate of drug-likeness (QED) is 0.346. The maximum Gasteiger partial charge on any atom is 0.139 e. The summed E-state index contributed by atoms with van der Waals surface area (Å²) in [5.74, 6) is 0. The van der Waals surface area contributed by atoms with Gasteiger partial charge in [0.05, 0.1) is 40.3 Å². The Morgan fingerprint density at radius 2 is 1.97 bits per heavy atom. The van der Waals surface area contributed by atoms with Gasteiger partial charge in [0.2, 0.25) is 0 Å². The second-order valence-corrected chi connectivity index (χ2v) is 8.62. The summed E-state index contributed by atoms with van der Waals surface area (Å²) < 4.78 is 2.00. The van der Waals surface area contributed by atoms with Gasteiger partial charge in [-0.15, -0.1) is 0 Å². The zero-order valence-electron chi connectivity index (χ0n) is 19.0. The second-order valence-electron chi connectivity index (χ2n) is 8.62. The van der Waals surface area contributed by atoms with Crippen molar-refractivity contribution in [3.8, 4) is 28.3 Å². The Hall–Kier alpha value is -4.53. The van der Waals surface area contributed by atoms with Gasteiger partial charge in [-0.3, -0.25) is 10.1 Å². The molecule has 9 heteroatoms. The Morgan fingerprint density at radius 1 is 1.06 bits per heavy atom. The normalized spacial score (nSPS) is 11.6. The molecule has 6 rings (SSSR count). The number of fused-ring (bicyclic) bond motifs is 2. The number of pyridine rings is 3. The van der Waals surface area contributed by atoms with Crippen molar-refractivity contribution in [2.45, 2.75) is 26.8 Å². The van der Waals surface area contributed by atoms with Gasteiger partial charge >= 0.3 is 0 Å². The Kier molecular flexibility index (Phi) is 4.61. The highest BCUT2D eigenvalue weighted by atomic mass is 15.1. The number of H-pyrrole nitrogens is 2. The number of aromatic amines is 2. The van der Waals surface area contributed by atoms with Crippen molar-refractivity contribution in [2.75, 3.05) is 5.32 Å². The van der Waals surface area contributed by atoms with E-state index in [0.29, 0.717) is 6.04 Å². The molecule has 3 N–H and O–H groups in total. The van der Waals surface area contributed by atoms with E-state index in [1.807, 2.05) is 54.6 Å². The van der Waals surface area contributed by atoms with Crippen LogP contribution in [0.25, 0.3) is 50.4 Å². The van der Waals surface area contributed by atoms with E-state index in [-0.39, 0.29) is 0 Å². The number of nitrogens with zero attached hydrogens (tertiary/aromatic N) is 6. The number of hydrogen-bond donors (Lipinski definition) is 3. The third-order valence-electron chi connectivity index (χ3n) is 5.65. The summed E-state index contributed by atoms with van der Waals surface area (Å²) in [6.07, 6.45) is 9.24. The summed E-state index contributed by atoms with van der Waals surface area (Å²) >= 11 is 0. The first-order valence-electron chi connectivity index (χ1n) is 11.1. The smallest absolute Gasteiger partial charge is 0.139 e. The molecule has 0 bridgehead atoms. The molecule has 6 aromatic heterocycles. The lowest BCUT2D eigenvalue weighted by Gasteiger charge is -2.10. The lowest BCUT2D eigenvalue weighted by molar-refractivity contribution is 0.898. The zero-order chi connectivity index (χ0) is 23.2. The molecule has 6 aromatic rings. The maximum atomic E-state index is 4.94. The van der Waals surface area contributed by atoms with Crippen LogP contribution in [0.1, 0.15) is 19.5 Å². The van der Waals surface area contributed by atoms with Crippen molar-refractivity contribution in [3.63, 3.8) is 0 Å². The molecule has 0 atom stereocenters. The first-order valence-corrected chi connectivity index (χ1v) is 11.1. The molecule has 0 saturated heterocycles. The molecule has 0 unspecified atom stereocenters. The maximum absolute atomic E-state index is 4.94. The van der Waals surface area contributed by atoms with Crippen LogP contribution in [0.5, 0.6) is 0 Å². The first kappa shape index (κ1) is 20.1. The van der Waals surface area contributed by atoms with Gasteiger partial charge in [0, 0.05) is 41.8 Å². The minimum absolute atomic E-state index is 0.319. The van der Waals surface area contributed by atoms with Crippen LogP contribution in [-0.4, -0.2) is 45.7 Å². The Labute approximate surface area is 195 Å². The van der Waals surface area contributed by atoms with Gasteiger partial charge in [0.25, 0.3) is 0 Å². The van der Waals surface area contributed by atoms with Crippen LogP contribution in [0, 0.1) is 6.92 Å². The number of aromatic nitrogens is 8. The van der Waals surface area contributed by atoms with Crippen LogP contribution < -0.4 is 5.32 Å². The molecule has 0 saturated carbocycles. The van der Waals surface area contributed by atoms with Crippen molar-refractivity contribution in [3.05, 3.63) is 67.1 Å². The zero-order valence-corrected chi connectivity index (χ0v) is 19.0. The second kappa shape index (κ2) is 7.80. The monoisotopic (exact) mass is 449 g/mol. The van der Waals surface area contributed by atoms with Crippen LogP contribution in [-0.2, 0) is 0 Å². The third kappa shape index (κ3) is 3.47. The van der Waals surface area contributed by atoms with E-state index < -0.39 is 0 Å². The van der Waals surface area contributed by atoms with Gasteiger partial charge in [0.15, 0.2) is 0 Å². The highest BCUT2D eigenvalue weighted by Crippen LogP contribution is 2.31. The molecule has 34 heavy (non-hydrogen) atoms. The van der Waals surface area contributed by atoms with Crippen molar-refractivity contribution in [2.24, 2.45) is 0 Å². The van der Waals surface area contributed by atoms with Crippen molar-refractivity contribution in [1.29, 1.82) is 0 Å². The summed E-state index contributed by atoms with van der Waals surface area (Å²) in [4.78, 5) is 21.6. The van der Waals surface area contributed by atoms with Crippen molar-refractivity contribution in [1.82, 2.24) is 39.7 Å². The van der Waals surface area contributed by atoms with Crippen molar-refractivity contribution >= 4 is 27.8 Å². The highest BCUT2D eigenvalue weighted by molar-refractivity contribution is 5.95. The lowest BCUT2D eigenvalue weighted by Crippen LogP contribution is -2.09. The van der Waals surface area contributed by atoms with E-state index in [2.05, 4.69) is 61.4 Å². The molecule has 0 aliphatic heterocycles. The van der Waals surface area contributed by atoms with E-state index in [1.54, 1.807) is 6.20 Å². The van der Waals surface area contributed by atoms with E-state index >= 15 is 0 Å². The first-order chi connectivity index (χ1) is 16.5. The molecule has 9 nitrogen and oxygen atoms in total.